The van der Waals surface area contributed by atoms with Crippen molar-refractivity contribution >= 4 is 11.8 Å². The molecule has 1 fully saturated rings. The Morgan fingerprint density at radius 3 is 2.24 bits per heavy atom. The van der Waals surface area contributed by atoms with Gasteiger partial charge in [0.2, 0.25) is 5.43 Å². The highest BCUT2D eigenvalue weighted by Gasteiger charge is 2.31. The van der Waals surface area contributed by atoms with Crippen LogP contribution in [-0.2, 0) is 6.54 Å². The van der Waals surface area contributed by atoms with Crippen molar-refractivity contribution in [3.8, 4) is 5.75 Å². The number of hydrogen-bond donors (Lipinski definition) is 2. The molecule has 0 saturated heterocycles. The molecule has 2 N–H and O–H groups in total. The van der Waals surface area contributed by atoms with Crippen molar-refractivity contribution < 1.29 is 27.5 Å². The molecule has 2 aromatic rings. The largest absolute Gasteiger partial charge is 0.573 e. The van der Waals surface area contributed by atoms with Crippen LogP contribution in [0.4, 0.5) is 13.2 Å². The van der Waals surface area contributed by atoms with E-state index in [2.05, 4.69) is 15.4 Å². The van der Waals surface area contributed by atoms with Crippen LogP contribution in [0.1, 0.15) is 78.3 Å². The third kappa shape index (κ3) is 6.61. The number of nitrogens with one attached hydrogen (secondary N) is 2. The number of rotatable bonds is 8. The molecule has 1 aromatic heterocycles. The molecular formula is C24H28F3N3O4. The van der Waals surface area contributed by atoms with Crippen LogP contribution in [0.15, 0.2) is 41.5 Å². The molecule has 1 saturated carbocycles. The van der Waals surface area contributed by atoms with Crippen molar-refractivity contribution in [3.63, 3.8) is 0 Å². The molecule has 1 aliphatic carbocycles. The first-order valence-corrected chi connectivity index (χ1v) is 11.3. The zero-order chi connectivity index (χ0) is 24.9. The topological polar surface area (TPSA) is 89.4 Å². The number of nitrogens with zero attached hydrogens (tertiary/aromatic N) is 1. The van der Waals surface area contributed by atoms with Gasteiger partial charge in [0.25, 0.3) is 11.8 Å². The molecule has 2 amide bonds. The highest BCUT2D eigenvalue weighted by atomic mass is 19.4. The van der Waals surface area contributed by atoms with Crippen LogP contribution in [0.5, 0.6) is 5.75 Å². The SMILES string of the molecule is CCC(C)NC(=O)c1cn(C2CCCC2)cc(C(=O)NCc2ccc(OC(F)(F)F)cc2)c1=O. The molecule has 1 aliphatic rings. The molecular weight excluding hydrogens is 451 g/mol. The monoisotopic (exact) mass is 479 g/mol. The summed E-state index contributed by atoms with van der Waals surface area (Å²) in [6, 6.07) is 5.02. The van der Waals surface area contributed by atoms with Crippen molar-refractivity contribution in [1.29, 1.82) is 0 Å². The van der Waals surface area contributed by atoms with Crippen molar-refractivity contribution in [3.05, 3.63) is 63.6 Å². The second kappa shape index (κ2) is 10.8. The number of carbonyl (C=O) groups is 2. The zero-order valence-corrected chi connectivity index (χ0v) is 19.1. The fraction of sp³-hybridized carbons (Fsp3) is 0.458. The summed E-state index contributed by atoms with van der Waals surface area (Å²) in [5, 5.41) is 5.39. The van der Waals surface area contributed by atoms with Gasteiger partial charge < -0.3 is 19.9 Å². The number of benzene rings is 1. The zero-order valence-electron chi connectivity index (χ0n) is 19.1. The van der Waals surface area contributed by atoms with Gasteiger partial charge in [-0.05, 0) is 43.9 Å². The molecule has 184 valence electrons. The number of hydrogen-bond acceptors (Lipinski definition) is 4. The molecule has 0 bridgehead atoms. The van der Waals surface area contributed by atoms with Crippen LogP contribution in [0.25, 0.3) is 0 Å². The molecule has 0 aliphatic heterocycles. The number of ether oxygens (including phenoxy) is 1. The lowest BCUT2D eigenvalue weighted by atomic mass is 10.1. The standard InChI is InChI=1S/C24H28F3N3O4/c1-3-15(2)29-23(33)20-14-30(17-6-4-5-7-17)13-19(21(20)31)22(32)28-12-16-8-10-18(11-9-16)34-24(25,26)27/h8-11,13-15,17H,3-7,12H2,1-2H3,(H,28,32)(H,29,33). The molecule has 1 unspecified atom stereocenters. The number of amides is 2. The number of halogens is 3. The van der Waals surface area contributed by atoms with Crippen molar-refractivity contribution in [2.24, 2.45) is 0 Å². The predicted octanol–water partition coefficient (Wildman–Crippen LogP) is 4.32. The lowest BCUT2D eigenvalue weighted by Gasteiger charge is -2.18. The summed E-state index contributed by atoms with van der Waals surface area (Å²) in [5.41, 5.74) is -0.389. The van der Waals surface area contributed by atoms with E-state index < -0.39 is 23.6 Å². The lowest BCUT2D eigenvalue weighted by Crippen LogP contribution is -2.38. The van der Waals surface area contributed by atoms with Crippen molar-refractivity contribution in [1.82, 2.24) is 15.2 Å². The van der Waals surface area contributed by atoms with Crippen molar-refractivity contribution in [2.45, 2.75) is 70.9 Å². The maximum atomic E-state index is 13.0. The minimum absolute atomic E-state index is 0.0166. The summed E-state index contributed by atoms with van der Waals surface area (Å²) in [6.07, 6.45) is 2.74. The van der Waals surface area contributed by atoms with Gasteiger partial charge in [-0.1, -0.05) is 31.9 Å². The van der Waals surface area contributed by atoms with Gasteiger partial charge in [-0.3, -0.25) is 14.4 Å². The second-order valence-electron chi connectivity index (χ2n) is 8.46. The Bertz CT molecular complexity index is 1070. The summed E-state index contributed by atoms with van der Waals surface area (Å²) in [7, 11) is 0. The van der Waals surface area contributed by atoms with Gasteiger partial charge in [0.15, 0.2) is 0 Å². The van der Waals surface area contributed by atoms with E-state index in [9.17, 15) is 27.6 Å². The van der Waals surface area contributed by atoms with Gasteiger partial charge in [-0.15, -0.1) is 13.2 Å². The number of aromatic nitrogens is 1. The molecule has 1 aromatic carbocycles. The number of carbonyl (C=O) groups excluding carboxylic acids is 2. The smallest absolute Gasteiger partial charge is 0.406 e. The Hall–Kier alpha value is -3.30. The molecule has 1 atom stereocenters. The lowest BCUT2D eigenvalue weighted by molar-refractivity contribution is -0.274. The van der Waals surface area contributed by atoms with E-state index in [1.54, 1.807) is 4.57 Å². The minimum atomic E-state index is -4.79. The van der Waals surface area contributed by atoms with E-state index in [0.717, 1.165) is 37.8 Å². The maximum absolute atomic E-state index is 13.0. The van der Waals surface area contributed by atoms with E-state index in [-0.39, 0.29) is 35.5 Å². The Morgan fingerprint density at radius 2 is 1.68 bits per heavy atom. The molecule has 7 nitrogen and oxygen atoms in total. The van der Waals surface area contributed by atoms with Gasteiger partial charge in [0.05, 0.1) is 0 Å². The minimum Gasteiger partial charge on any atom is -0.406 e. The van der Waals surface area contributed by atoms with Gasteiger partial charge in [-0.25, -0.2) is 0 Å². The Labute approximate surface area is 195 Å². The fourth-order valence-electron chi connectivity index (χ4n) is 3.82. The maximum Gasteiger partial charge on any atom is 0.573 e. The number of pyridine rings is 1. The summed E-state index contributed by atoms with van der Waals surface area (Å²) >= 11 is 0. The Morgan fingerprint density at radius 1 is 1.09 bits per heavy atom. The second-order valence-corrected chi connectivity index (χ2v) is 8.46. The van der Waals surface area contributed by atoms with Crippen LogP contribution in [0.2, 0.25) is 0 Å². The summed E-state index contributed by atoms with van der Waals surface area (Å²) < 4.78 is 42.5. The third-order valence-electron chi connectivity index (χ3n) is 5.88. The third-order valence-corrected chi connectivity index (χ3v) is 5.88. The molecule has 0 radical (unpaired) electrons. The first-order valence-electron chi connectivity index (χ1n) is 11.3. The molecule has 1 heterocycles. The van der Waals surface area contributed by atoms with Crippen LogP contribution in [0.3, 0.4) is 0 Å². The van der Waals surface area contributed by atoms with Gasteiger partial charge in [-0.2, -0.15) is 0 Å². The van der Waals surface area contributed by atoms with Crippen molar-refractivity contribution in [2.75, 3.05) is 0 Å². The van der Waals surface area contributed by atoms with Crippen LogP contribution in [0, 0.1) is 0 Å². The average molecular weight is 479 g/mol. The highest BCUT2D eigenvalue weighted by Crippen LogP contribution is 2.29. The van der Waals surface area contributed by atoms with E-state index in [4.69, 9.17) is 0 Å². The predicted molar refractivity (Wildman–Crippen MR) is 120 cm³/mol. The Kier molecular flexibility index (Phi) is 8.01. The van der Waals surface area contributed by atoms with Crippen LogP contribution in [-0.4, -0.2) is 28.8 Å². The number of alkyl halides is 3. The van der Waals surface area contributed by atoms with Crippen LogP contribution >= 0.6 is 0 Å². The molecule has 3 rings (SSSR count). The average Bonchev–Trinajstić information content (AvgIpc) is 3.32. The summed E-state index contributed by atoms with van der Waals surface area (Å²) in [4.78, 5) is 38.6. The van der Waals surface area contributed by atoms with E-state index >= 15 is 0 Å². The van der Waals surface area contributed by atoms with Crippen LogP contribution < -0.4 is 20.8 Å². The van der Waals surface area contributed by atoms with Gasteiger partial charge in [0, 0.05) is 31.0 Å². The van der Waals surface area contributed by atoms with E-state index in [0.29, 0.717) is 12.0 Å². The van der Waals surface area contributed by atoms with E-state index in [1.165, 1.54) is 24.5 Å². The highest BCUT2D eigenvalue weighted by molar-refractivity contribution is 5.99. The first-order chi connectivity index (χ1) is 16.1. The summed E-state index contributed by atoms with van der Waals surface area (Å²) in [6.45, 7) is 3.72. The van der Waals surface area contributed by atoms with Gasteiger partial charge >= 0.3 is 6.36 Å². The molecule has 10 heteroatoms. The Balaban J connectivity index is 1.80. The quantitative estimate of drug-likeness (QED) is 0.590. The normalized spacial score (nSPS) is 15.1. The van der Waals surface area contributed by atoms with E-state index in [1.807, 2.05) is 13.8 Å². The summed E-state index contributed by atoms with van der Waals surface area (Å²) in [5.74, 6) is -1.56. The molecule has 34 heavy (non-hydrogen) atoms. The molecule has 0 spiro atoms. The van der Waals surface area contributed by atoms with Gasteiger partial charge in [0.1, 0.15) is 16.9 Å². The fourth-order valence-corrected chi connectivity index (χ4v) is 3.82. The first kappa shape index (κ1) is 25.3.